The summed E-state index contributed by atoms with van der Waals surface area (Å²) in [4.78, 5) is 25.5. The second-order valence-electron chi connectivity index (χ2n) is 3.74. The number of amides is 1. The van der Waals surface area contributed by atoms with Gasteiger partial charge in [0.15, 0.2) is 0 Å². The van der Waals surface area contributed by atoms with E-state index in [1.54, 1.807) is 0 Å². The number of non-ortho nitro benzene ring substituents is 1. The van der Waals surface area contributed by atoms with E-state index < -0.39 is 16.6 Å². The number of rotatable bonds is 3. The fourth-order valence-corrected chi connectivity index (χ4v) is 1.70. The first-order chi connectivity index (χ1) is 9.47. The van der Waals surface area contributed by atoms with Crippen LogP contribution in [-0.4, -0.2) is 15.8 Å². The van der Waals surface area contributed by atoms with E-state index in [1.807, 2.05) is 0 Å². The maximum atomic E-state index is 12.7. The molecule has 0 aliphatic carbocycles. The minimum absolute atomic E-state index is 0.0567. The molecule has 1 aromatic carbocycles. The highest BCUT2D eigenvalue weighted by molar-refractivity contribution is 6.34. The van der Waals surface area contributed by atoms with Crippen LogP contribution >= 0.6 is 11.6 Å². The van der Waals surface area contributed by atoms with Gasteiger partial charge in [-0.25, -0.2) is 9.37 Å². The average Bonchev–Trinajstić information content (AvgIpc) is 2.41. The van der Waals surface area contributed by atoms with Crippen LogP contribution in [0.2, 0.25) is 5.02 Å². The fraction of sp³-hybridized carbons (Fsp3) is 0. The summed E-state index contributed by atoms with van der Waals surface area (Å²) in [6.07, 6.45) is 0.951. The Morgan fingerprint density at radius 1 is 1.35 bits per heavy atom. The Hall–Kier alpha value is -2.54. The third-order valence-corrected chi connectivity index (χ3v) is 2.69. The molecule has 2 rings (SSSR count). The number of hydrogen-bond acceptors (Lipinski definition) is 4. The van der Waals surface area contributed by atoms with Gasteiger partial charge in [-0.05, 0) is 18.2 Å². The number of carbonyl (C=O) groups is 1. The van der Waals surface area contributed by atoms with Crippen LogP contribution in [0.3, 0.4) is 0 Å². The van der Waals surface area contributed by atoms with E-state index in [2.05, 4.69) is 10.3 Å². The van der Waals surface area contributed by atoms with Gasteiger partial charge < -0.3 is 5.32 Å². The number of aromatic nitrogens is 1. The first kappa shape index (κ1) is 13.9. The lowest BCUT2D eigenvalue weighted by molar-refractivity contribution is -0.384. The average molecular weight is 296 g/mol. The van der Waals surface area contributed by atoms with Gasteiger partial charge in [-0.2, -0.15) is 0 Å². The molecule has 0 radical (unpaired) electrons. The Morgan fingerprint density at radius 2 is 2.10 bits per heavy atom. The summed E-state index contributed by atoms with van der Waals surface area (Å²) in [6, 6.07) is 5.90. The van der Waals surface area contributed by atoms with E-state index >= 15 is 0 Å². The third-order valence-electron chi connectivity index (χ3n) is 2.38. The maximum Gasteiger partial charge on any atom is 0.270 e. The number of pyridine rings is 1. The van der Waals surface area contributed by atoms with Crippen LogP contribution in [0.4, 0.5) is 15.9 Å². The van der Waals surface area contributed by atoms with Crippen molar-refractivity contribution in [2.24, 2.45) is 0 Å². The molecule has 0 spiro atoms. The molecule has 0 unspecified atom stereocenters. The van der Waals surface area contributed by atoms with Crippen molar-refractivity contribution in [2.75, 3.05) is 5.32 Å². The molecule has 0 saturated carbocycles. The van der Waals surface area contributed by atoms with Gasteiger partial charge in [-0.1, -0.05) is 11.6 Å². The van der Waals surface area contributed by atoms with E-state index in [0.29, 0.717) is 0 Å². The SMILES string of the molecule is O=C(Nc1ccc(F)cn1)c1ccc([N+](=O)[O-])cc1Cl. The van der Waals surface area contributed by atoms with Gasteiger partial charge in [-0.3, -0.25) is 14.9 Å². The van der Waals surface area contributed by atoms with E-state index in [9.17, 15) is 19.3 Å². The molecule has 0 aliphatic heterocycles. The topological polar surface area (TPSA) is 85.1 Å². The number of hydrogen-bond donors (Lipinski definition) is 1. The minimum atomic E-state index is -0.616. The molecule has 1 amide bonds. The Bertz CT molecular complexity index is 676. The van der Waals surface area contributed by atoms with Crippen LogP contribution in [-0.2, 0) is 0 Å². The molecule has 8 heteroatoms. The van der Waals surface area contributed by atoms with Crippen molar-refractivity contribution in [1.29, 1.82) is 0 Å². The largest absolute Gasteiger partial charge is 0.307 e. The highest BCUT2D eigenvalue weighted by Crippen LogP contribution is 2.23. The predicted octanol–water partition coefficient (Wildman–Crippen LogP) is 3.03. The molecule has 6 nitrogen and oxygen atoms in total. The van der Waals surface area contributed by atoms with Gasteiger partial charge in [0, 0.05) is 12.1 Å². The molecule has 0 fully saturated rings. The molecular weight excluding hydrogens is 289 g/mol. The van der Waals surface area contributed by atoms with E-state index in [1.165, 1.54) is 18.2 Å². The Labute approximate surface area is 117 Å². The van der Waals surface area contributed by atoms with Crippen LogP contribution in [0.1, 0.15) is 10.4 Å². The van der Waals surface area contributed by atoms with Gasteiger partial charge in [0.1, 0.15) is 11.6 Å². The number of benzene rings is 1. The summed E-state index contributed by atoms with van der Waals surface area (Å²) in [5.74, 6) is -0.980. The number of halogens is 2. The lowest BCUT2D eigenvalue weighted by atomic mass is 10.2. The zero-order valence-corrected chi connectivity index (χ0v) is 10.6. The number of carbonyl (C=O) groups excluding carboxylic acids is 1. The van der Waals surface area contributed by atoms with Gasteiger partial charge in [0.2, 0.25) is 0 Å². The number of nitro groups is 1. The maximum absolute atomic E-state index is 12.7. The van der Waals surface area contributed by atoms with Crippen molar-refractivity contribution in [1.82, 2.24) is 4.98 Å². The van der Waals surface area contributed by atoms with Crippen LogP contribution in [0, 0.1) is 15.9 Å². The zero-order valence-electron chi connectivity index (χ0n) is 9.84. The Morgan fingerprint density at radius 3 is 2.65 bits per heavy atom. The Balaban J connectivity index is 2.21. The summed E-state index contributed by atoms with van der Waals surface area (Å²) in [6.45, 7) is 0. The summed E-state index contributed by atoms with van der Waals surface area (Å²) < 4.78 is 12.7. The van der Waals surface area contributed by atoms with Crippen molar-refractivity contribution in [2.45, 2.75) is 0 Å². The molecule has 2 aromatic rings. The molecule has 1 aromatic heterocycles. The van der Waals surface area contributed by atoms with Crippen LogP contribution < -0.4 is 5.32 Å². The summed E-state index contributed by atoms with van der Waals surface area (Å²) in [5, 5.41) is 12.9. The number of nitrogens with zero attached hydrogens (tertiary/aromatic N) is 2. The quantitative estimate of drug-likeness (QED) is 0.696. The van der Waals surface area contributed by atoms with Gasteiger partial charge >= 0.3 is 0 Å². The first-order valence-corrected chi connectivity index (χ1v) is 5.72. The van der Waals surface area contributed by atoms with Gasteiger partial charge in [0.05, 0.1) is 21.7 Å². The van der Waals surface area contributed by atoms with Crippen molar-refractivity contribution < 1.29 is 14.1 Å². The number of nitrogens with one attached hydrogen (secondary N) is 1. The second-order valence-corrected chi connectivity index (χ2v) is 4.14. The molecule has 102 valence electrons. The standard InChI is InChI=1S/C12H7ClFN3O3/c13-10-5-8(17(19)20)2-3-9(10)12(18)16-11-4-1-7(14)6-15-11/h1-6H,(H,15,16,18). The summed E-state index contributed by atoms with van der Waals surface area (Å²) in [7, 11) is 0. The highest BCUT2D eigenvalue weighted by atomic mass is 35.5. The third kappa shape index (κ3) is 3.07. The molecule has 0 atom stereocenters. The van der Waals surface area contributed by atoms with E-state index in [0.717, 1.165) is 18.3 Å². The molecule has 0 aliphatic rings. The Kier molecular flexibility index (Phi) is 3.90. The molecule has 20 heavy (non-hydrogen) atoms. The molecule has 0 saturated heterocycles. The first-order valence-electron chi connectivity index (χ1n) is 5.34. The minimum Gasteiger partial charge on any atom is -0.307 e. The fourth-order valence-electron chi connectivity index (χ4n) is 1.44. The molecule has 1 heterocycles. The number of nitro benzene ring substituents is 1. The monoisotopic (exact) mass is 295 g/mol. The second kappa shape index (κ2) is 5.62. The normalized spacial score (nSPS) is 10.1. The summed E-state index contributed by atoms with van der Waals surface area (Å²) in [5.41, 5.74) is -0.158. The lowest BCUT2D eigenvalue weighted by Crippen LogP contribution is -2.13. The molecular formula is C12H7ClFN3O3. The van der Waals surface area contributed by atoms with Crippen molar-refractivity contribution in [3.8, 4) is 0 Å². The highest BCUT2D eigenvalue weighted by Gasteiger charge is 2.15. The van der Waals surface area contributed by atoms with E-state index in [4.69, 9.17) is 11.6 Å². The number of anilines is 1. The van der Waals surface area contributed by atoms with Crippen molar-refractivity contribution >= 4 is 29.0 Å². The summed E-state index contributed by atoms with van der Waals surface area (Å²) >= 11 is 5.81. The van der Waals surface area contributed by atoms with Crippen LogP contribution in [0.15, 0.2) is 36.5 Å². The van der Waals surface area contributed by atoms with Crippen LogP contribution in [0.25, 0.3) is 0 Å². The molecule has 0 bridgehead atoms. The predicted molar refractivity (Wildman–Crippen MR) is 70.3 cm³/mol. The van der Waals surface area contributed by atoms with E-state index in [-0.39, 0.29) is 22.1 Å². The lowest BCUT2D eigenvalue weighted by Gasteiger charge is -2.05. The van der Waals surface area contributed by atoms with Gasteiger partial charge in [0.25, 0.3) is 11.6 Å². The van der Waals surface area contributed by atoms with Crippen molar-refractivity contribution in [3.05, 3.63) is 63.0 Å². The smallest absolute Gasteiger partial charge is 0.270 e. The van der Waals surface area contributed by atoms with Crippen molar-refractivity contribution in [3.63, 3.8) is 0 Å². The van der Waals surface area contributed by atoms with Crippen LogP contribution in [0.5, 0.6) is 0 Å². The zero-order chi connectivity index (χ0) is 14.7. The van der Waals surface area contributed by atoms with Gasteiger partial charge in [-0.15, -0.1) is 0 Å². The molecule has 1 N–H and O–H groups in total.